The molecule has 3 aliphatic heterocycles. The zero-order valence-electron chi connectivity index (χ0n) is 24.9. The summed E-state index contributed by atoms with van der Waals surface area (Å²) < 4.78 is 6.28. The Balaban J connectivity index is 1.01. The van der Waals surface area contributed by atoms with Crippen LogP contribution in [-0.4, -0.2) is 64.2 Å². The molecule has 4 aliphatic rings. The van der Waals surface area contributed by atoms with E-state index in [9.17, 15) is 4.79 Å². The molecule has 0 bridgehead atoms. The zero-order valence-corrected chi connectivity index (χ0v) is 26.4. The van der Waals surface area contributed by atoms with Crippen molar-refractivity contribution in [2.45, 2.75) is 62.9 Å². The van der Waals surface area contributed by atoms with E-state index in [-0.39, 0.29) is 18.1 Å². The van der Waals surface area contributed by atoms with E-state index < -0.39 is 0 Å². The van der Waals surface area contributed by atoms with Crippen molar-refractivity contribution in [3.05, 3.63) is 87.7 Å². The number of aromatic amines is 1. The lowest BCUT2D eigenvalue weighted by molar-refractivity contribution is -0.0728. The number of piperidine rings is 3. The summed E-state index contributed by atoms with van der Waals surface area (Å²) >= 11 is 12.5. The van der Waals surface area contributed by atoms with Crippen LogP contribution in [-0.2, 0) is 11.2 Å². The molecule has 228 valence electrons. The van der Waals surface area contributed by atoms with Crippen LogP contribution in [0, 0.1) is 11.8 Å². The molecule has 4 atom stereocenters. The Kier molecular flexibility index (Phi) is 7.56. The number of nitrogens with zero attached hydrogens (tertiary/aromatic N) is 3. The summed E-state index contributed by atoms with van der Waals surface area (Å²) in [5.74, 6) is 2.01. The summed E-state index contributed by atoms with van der Waals surface area (Å²) in [6, 6.07) is 21.5. The van der Waals surface area contributed by atoms with Crippen LogP contribution in [0.15, 0.2) is 60.7 Å². The largest absolute Gasteiger partial charge is 0.448 e. The van der Waals surface area contributed by atoms with Gasteiger partial charge < -0.3 is 14.6 Å². The molecule has 3 fully saturated rings. The van der Waals surface area contributed by atoms with Gasteiger partial charge in [0.05, 0.1) is 21.1 Å². The number of hydrogen-bond donors (Lipinski definition) is 1. The summed E-state index contributed by atoms with van der Waals surface area (Å²) in [6.45, 7) is 3.55. The van der Waals surface area contributed by atoms with Gasteiger partial charge >= 0.3 is 6.09 Å². The smallest absolute Gasteiger partial charge is 0.410 e. The minimum absolute atomic E-state index is 0.0669. The third kappa shape index (κ3) is 4.99. The highest BCUT2D eigenvalue weighted by Crippen LogP contribution is 2.46. The molecule has 44 heavy (non-hydrogen) atoms. The number of nitrogens with one attached hydrogen (secondary N) is 1. The van der Waals surface area contributed by atoms with Gasteiger partial charge in [0, 0.05) is 31.0 Å². The average Bonchev–Trinajstić information content (AvgIpc) is 3.58. The minimum Gasteiger partial charge on any atom is -0.448 e. The highest BCUT2D eigenvalue weighted by molar-refractivity contribution is 6.42. The number of aryl methyl sites for hydroxylation is 1. The van der Waals surface area contributed by atoms with Gasteiger partial charge in [0.1, 0.15) is 12.4 Å². The first-order chi connectivity index (χ1) is 21.5. The molecule has 3 aromatic carbocycles. The monoisotopic (exact) mass is 628 g/mol. The van der Waals surface area contributed by atoms with Crippen molar-refractivity contribution >= 4 is 40.3 Å². The molecule has 6 nitrogen and oxygen atoms in total. The predicted octanol–water partition coefficient (Wildman–Crippen LogP) is 8.32. The number of hydrogen-bond acceptors (Lipinski definition) is 4. The first kappa shape index (κ1) is 28.4. The number of likely N-dealkylation sites (tertiary alicyclic amines) is 1. The van der Waals surface area contributed by atoms with Crippen LogP contribution in [0.5, 0.6) is 0 Å². The quantitative estimate of drug-likeness (QED) is 0.233. The van der Waals surface area contributed by atoms with Crippen LogP contribution >= 0.6 is 23.2 Å². The van der Waals surface area contributed by atoms with Crippen LogP contribution in [0.3, 0.4) is 0 Å². The molecule has 4 heterocycles. The fourth-order valence-corrected chi connectivity index (χ4v) is 9.23. The van der Waals surface area contributed by atoms with Crippen LogP contribution in [0.2, 0.25) is 10.0 Å². The van der Waals surface area contributed by atoms with Gasteiger partial charge in [-0.2, -0.15) is 0 Å². The van der Waals surface area contributed by atoms with E-state index in [2.05, 4.69) is 63.3 Å². The second kappa shape index (κ2) is 11.7. The fourth-order valence-electron chi connectivity index (χ4n) is 8.91. The van der Waals surface area contributed by atoms with Crippen molar-refractivity contribution in [3.63, 3.8) is 0 Å². The molecule has 8 rings (SSSR count). The number of H-pyrrole nitrogens is 1. The van der Waals surface area contributed by atoms with E-state index in [1.165, 1.54) is 61.0 Å². The van der Waals surface area contributed by atoms with Gasteiger partial charge in [0.2, 0.25) is 0 Å². The molecule has 1 aliphatic carbocycles. The van der Waals surface area contributed by atoms with Crippen molar-refractivity contribution in [3.8, 4) is 11.1 Å². The fraction of sp³-hybridized carbons (Fsp3) is 0.444. The van der Waals surface area contributed by atoms with Crippen LogP contribution in [0.25, 0.3) is 22.2 Å². The Morgan fingerprint density at radius 1 is 0.955 bits per heavy atom. The van der Waals surface area contributed by atoms with Gasteiger partial charge in [-0.3, -0.25) is 4.90 Å². The normalized spacial score (nSPS) is 24.6. The molecule has 0 spiro atoms. The van der Waals surface area contributed by atoms with E-state index >= 15 is 0 Å². The summed E-state index contributed by atoms with van der Waals surface area (Å²) in [4.78, 5) is 27.2. The van der Waals surface area contributed by atoms with E-state index in [4.69, 9.17) is 32.9 Å². The lowest BCUT2D eigenvalue weighted by Crippen LogP contribution is -2.65. The lowest BCUT2D eigenvalue weighted by Gasteiger charge is -2.57. The number of imidazole rings is 1. The van der Waals surface area contributed by atoms with Gasteiger partial charge in [-0.1, -0.05) is 71.7 Å². The van der Waals surface area contributed by atoms with Gasteiger partial charge in [-0.25, -0.2) is 9.78 Å². The summed E-state index contributed by atoms with van der Waals surface area (Å²) in [5, 5.41) is 1.04. The topological polar surface area (TPSA) is 61.5 Å². The maximum absolute atomic E-state index is 14.1. The summed E-state index contributed by atoms with van der Waals surface area (Å²) in [7, 11) is 0. The highest BCUT2D eigenvalue weighted by Gasteiger charge is 2.50. The number of aromatic nitrogens is 2. The third-order valence-corrected chi connectivity index (χ3v) is 11.5. The number of carbonyl (C=O) groups excluding carboxylic acids is 1. The minimum atomic E-state index is -0.147. The van der Waals surface area contributed by atoms with Gasteiger partial charge in [-0.15, -0.1) is 0 Å². The highest BCUT2D eigenvalue weighted by atomic mass is 35.5. The Morgan fingerprint density at radius 3 is 2.43 bits per heavy atom. The first-order valence-electron chi connectivity index (χ1n) is 16.2. The molecule has 4 aromatic rings. The van der Waals surface area contributed by atoms with E-state index in [0.29, 0.717) is 34.5 Å². The van der Waals surface area contributed by atoms with Crippen molar-refractivity contribution < 1.29 is 9.53 Å². The summed E-state index contributed by atoms with van der Waals surface area (Å²) in [6.07, 6.45) is 7.33. The molecular formula is C36H38Cl2N4O2. The third-order valence-electron chi connectivity index (χ3n) is 10.7. The Bertz CT molecular complexity index is 1620. The molecule has 0 radical (unpaired) electrons. The van der Waals surface area contributed by atoms with E-state index in [1.54, 1.807) is 0 Å². The van der Waals surface area contributed by atoms with Crippen molar-refractivity contribution in [1.82, 2.24) is 19.8 Å². The molecule has 0 unspecified atom stereocenters. The van der Waals surface area contributed by atoms with E-state index in [0.717, 1.165) is 42.7 Å². The van der Waals surface area contributed by atoms with Gasteiger partial charge in [0.25, 0.3) is 0 Å². The average molecular weight is 630 g/mol. The molecule has 3 saturated heterocycles. The van der Waals surface area contributed by atoms with Crippen LogP contribution < -0.4 is 0 Å². The number of rotatable bonds is 6. The second-order valence-electron chi connectivity index (χ2n) is 13.1. The van der Waals surface area contributed by atoms with Crippen LogP contribution in [0.4, 0.5) is 4.79 Å². The molecule has 8 heteroatoms. The first-order valence-corrected chi connectivity index (χ1v) is 17.0. The zero-order chi connectivity index (χ0) is 29.8. The molecule has 1 aromatic heterocycles. The van der Waals surface area contributed by atoms with Crippen LogP contribution in [0.1, 0.15) is 61.4 Å². The molecule has 1 amide bonds. The Labute approximate surface area is 268 Å². The molecular weight excluding hydrogens is 591 g/mol. The maximum Gasteiger partial charge on any atom is 0.410 e. The van der Waals surface area contributed by atoms with E-state index in [1.807, 2.05) is 12.1 Å². The number of benzene rings is 3. The molecule has 1 N–H and O–H groups in total. The lowest BCUT2D eigenvalue weighted by atomic mass is 9.69. The number of fused-ring (bicyclic) bond motifs is 4. The van der Waals surface area contributed by atoms with Crippen molar-refractivity contribution in [2.75, 3.05) is 26.2 Å². The number of ether oxygens (including phenoxy) is 1. The second-order valence-corrected chi connectivity index (χ2v) is 13.9. The van der Waals surface area contributed by atoms with Crippen molar-refractivity contribution in [2.24, 2.45) is 11.8 Å². The predicted molar refractivity (Wildman–Crippen MR) is 175 cm³/mol. The van der Waals surface area contributed by atoms with Gasteiger partial charge in [-0.05, 0) is 97.8 Å². The molecule has 0 saturated carbocycles. The number of halogens is 2. The maximum atomic E-state index is 14.1. The standard InChI is InChI=1S/C36H38Cl2N4O2/c37-29-18-31-32(19-30(29)38)40-34(39-31)15-5-14-33-27-13-7-17-41-16-6-8-22(35(27)41)20-42(33)36(43)44-21-28-25-11-3-1-9-23(25)24-10-2-4-12-26(24)28/h1-4,9-12,18-19,22,27-28,33,35H,5-8,13-17,20-21H2,(H,39,40)/t22-,27+,33+,35-/m0/s1. The summed E-state index contributed by atoms with van der Waals surface area (Å²) in [5.41, 5.74) is 6.74. The Hall–Kier alpha value is -3.06. The SMILES string of the molecule is O=C(OCC1c2ccccc2-c2ccccc21)N1C[C@@H]2CCCN3CCC[C@@H]([C@H]23)[C@H]1CCCc1nc2cc(Cl)c(Cl)cc2[nH]1. The van der Waals surface area contributed by atoms with Crippen molar-refractivity contribution in [1.29, 1.82) is 0 Å². The van der Waals surface area contributed by atoms with Gasteiger partial charge in [0.15, 0.2) is 0 Å². The number of amides is 1. The number of carbonyl (C=O) groups is 1. The Morgan fingerprint density at radius 2 is 1.66 bits per heavy atom.